The quantitative estimate of drug-likeness (QED) is 0.307. The predicted molar refractivity (Wildman–Crippen MR) is 131 cm³/mol. The van der Waals surface area contributed by atoms with Crippen LogP contribution in [0.3, 0.4) is 0 Å². The van der Waals surface area contributed by atoms with Crippen LogP contribution in [0.1, 0.15) is 17.7 Å². The van der Waals surface area contributed by atoms with Crippen molar-refractivity contribution >= 4 is 33.2 Å². The van der Waals surface area contributed by atoms with Gasteiger partial charge in [-0.05, 0) is 30.5 Å². The highest BCUT2D eigenvalue weighted by Crippen LogP contribution is 2.38. The Balaban J connectivity index is 1.47. The molecule has 4 N–H and O–H groups in total. The number of anilines is 2. The topological polar surface area (TPSA) is 129 Å². The third-order valence-corrected chi connectivity index (χ3v) is 6.19. The van der Waals surface area contributed by atoms with E-state index in [1.54, 1.807) is 23.7 Å². The summed E-state index contributed by atoms with van der Waals surface area (Å²) in [4.78, 5) is 14.8. The van der Waals surface area contributed by atoms with Crippen molar-refractivity contribution in [3.05, 3.63) is 71.5 Å². The Hall–Kier alpha value is -4.29. The first-order chi connectivity index (χ1) is 16.2. The number of rotatable bonds is 7. The summed E-state index contributed by atoms with van der Waals surface area (Å²) >= 11 is 1.60. The fraction of sp³-hybridized carbons (Fsp3) is 0.125. The van der Waals surface area contributed by atoms with E-state index in [0.29, 0.717) is 24.4 Å². The van der Waals surface area contributed by atoms with Gasteiger partial charge in [0.1, 0.15) is 22.3 Å². The minimum absolute atomic E-state index is 0.241. The number of nitrogens with two attached hydrogens (primary N) is 1. The Morgan fingerprint density at radius 2 is 1.94 bits per heavy atom. The van der Waals surface area contributed by atoms with Gasteiger partial charge >= 0.3 is 0 Å². The monoisotopic (exact) mass is 452 g/mol. The molecule has 5 aromatic rings. The van der Waals surface area contributed by atoms with Gasteiger partial charge in [0.2, 0.25) is 0 Å². The van der Waals surface area contributed by atoms with Gasteiger partial charge in [-0.3, -0.25) is 10.1 Å². The maximum Gasteiger partial charge on any atom is 0.164 e. The summed E-state index contributed by atoms with van der Waals surface area (Å²) in [5.74, 6) is 1.65. The van der Waals surface area contributed by atoms with Crippen LogP contribution in [0.5, 0.6) is 0 Å². The third kappa shape index (κ3) is 4.12. The molecule has 0 saturated heterocycles. The van der Waals surface area contributed by atoms with Gasteiger partial charge in [0.25, 0.3) is 0 Å². The molecule has 162 valence electrons. The number of nitrogens with zero attached hydrogens (tertiary/aromatic N) is 5. The summed E-state index contributed by atoms with van der Waals surface area (Å²) in [6.07, 6.45) is 4.92. The molecule has 0 amide bonds. The van der Waals surface area contributed by atoms with E-state index >= 15 is 0 Å². The van der Waals surface area contributed by atoms with Gasteiger partial charge in [0.15, 0.2) is 11.6 Å². The zero-order valence-corrected chi connectivity index (χ0v) is 18.4. The molecule has 0 unspecified atom stereocenters. The molecule has 5 rings (SSSR count). The van der Waals surface area contributed by atoms with Crippen molar-refractivity contribution in [3.8, 4) is 28.6 Å². The van der Waals surface area contributed by atoms with E-state index in [9.17, 15) is 5.26 Å². The smallest absolute Gasteiger partial charge is 0.164 e. The molecule has 0 aliphatic rings. The number of nitrogen functional groups attached to an aromatic ring is 1. The van der Waals surface area contributed by atoms with Gasteiger partial charge in [-0.15, -0.1) is 11.3 Å². The molecule has 0 spiro atoms. The Morgan fingerprint density at radius 1 is 1.09 bits per heavy atom. The average Bonchev–Trinajstić information content (AvgIpc) is 3.46. The van der Waals surface area contributed by atoms with Gasteiger partial charge in [0.05, 0.1) is 11.1 Å². The minimum Gasteiger partial charge on any atom is -0.381 e. The standard InChI is InChI=1S/C24H20N8S/c25-12-17-19(31-32-21(17)26)9-5-11-28-23-20-18(15-6-2-1-3-7-15)14-33-24(20)30-22(29-23)16-8-4-10-27-13-16/h1-4,6-8,10,13-14H,5,9,11H2,(H3,26,31,32)(H,28,29,30). The summed E-state index contributed by atoms with van der Waals surface area (Å²) in [6.45, 7) is 0.659. The van der Waals surface area contributed by atoms with E-state index in [2.05, 4.69) is 44.1 Å². The first kappa shape index (κ1) is 20.6. The molecule has 0 atom stereocenters. The number of benzene rings is 1. The molecule has 0 bridgehead atoms. The number of aromatic amines is 1. The molecule has 33 heavy (non-hydrogen) atoms. The summed E-state index contributed by atoms with van der Waals surface area (Å²) < 4.78 is 0. The van der Waals surface area contributed by atoms with Crippen molar-refractivity contribution < 1.29 is 0 Å². The Bertz CT molecular complexity index is 1430. The highest BCUT2D eigenvalue weighted by atomic mass is 32.1. The van der Waals surface area contributed by atoms with Crippen LogP contribution in [0, 0.1) is 11.3 Å². The predicted octanol–water partition coefficient (Wildman–Crippen LogP) is 4.64. The lowest BCUT2D eigenvalue weighted by Gasteiger charge is -2.11. The largest absolute Gasteiger partial charge is 0.381 e. The molecule has 0 aliphatic carbocycles. The lowest BCUT2D eigenvalue weighted by Crippen LogP contribution is -2.07. The molecule has 0 fully saturated rings. The van der Waals surface area contributed by atoms with Crippen molar-refractivity contribution in [3.63, 3.8) is 0 Å². The molecule has 4 heterocycles. The fourth-order valence-electron chi connectivity index (χ4n) is 3.70. The lowest BCUT2D eigenvalue weighted by atomic mass is 10.1. The first-order valence-corrected chi connectivity index (χ1v) is 11.3. The molecule has 4 aromatic heterocycles. The molecule has 0 saturated carbocycles. The lowest BCUT2D eigenvalue weighted by molar-refractivity contribution is 0.823. The maximum absolute atomic E-state index is 9.27. The second-order valence-corrected chi connectivity index (χ2v) is 8.30. The third-order valence-electron chi connectivity index (χ3n) is 5.32. The van der Waals surface area contributed by atoms with Crippen LogP contribution in [-0.4, -0.2) is 31.7 Å². The number of pyridine rings is 1. The van der Waals surface area contributed by atoms with E-state index in [1.165, 1.54) is 0 Å². The van der Waals surface area contributed by atoms with E-state index < -0.39 is 0 Å². The van der Waals surface area contributed by atoms with Gasteiger partial charge < -0.3 is 11.1 Å². The van der Waals surface area contributed by atoms with Crippen LogP contribution < -0.4 is 11.1 Å². The minimum atomic E-state index is 0.241. The van der Waals surface area contributed by atoms with Gasteiger partial charge in [0, 0.05) is 35.4 Å². The van der Waals surface area contributed by atoms with Crippen LogP contribution in [0.2, 0.25) is 0 Å². The second kappa shape index (κ2) is 9.06. The van der Waals surface area contributed by atoms with Crippen LogP contribution in [0.15, 0.2) is 60.2 Å². The Morgan fingerprint density at radius 3 is 2.73 bits per heavy atom. The van der Waals surface area contributed by atoms with E-state index in [1.807, 2.05) is 30.3 Å². The molecule has 0 radical (unpaired) electrons. The highest BCUT2D eigenvalue weighted by molar-refractivity contribution is 7.17. The van der Waals surface area contributed by atoms with Gasteiger partial charge in [-0.2, -0.15) is 10.4 Å². The SMILES string of the molecule is N#Cc1c(N)n[nH]c1CCCNc1nc(-c2cccnc2)nc2scc(-c3ccccc3)c12. The van der Waals surface area contributed by atoms with Crippen molar-refractivity contribution in [1.29, 1.82) is 5.26 Å². The van der Waals surface area contributed by atoms with Crippen molar-refractivity contribution in [2.45, 2.75) is 12.8 Å². The number of aromatic nitrogens is 5. The molecule has 0 aliphatic heterocycles. The van der Waals surface area contributed by atoms with Crippen LogP contribution >= 0.6 is 11.3 Å². The fourth-order valence-corrected chi connectivity index (χ4v) is 4.64. The zero-order valence-electron chi connectivity index (χ0n) is 17.6. The molecular formula is C24H20N8S. The van der Waals surface area contributed by atoms with Gasteiger partial charge in [-0.1, -0.05) is 30.3 Å². The number of hydrogen-bond donors (Lipinski definition) is 3. The Kier molecular flexibility index (Phi) is 5.66. The zero-order chi connectivity index (χ0) is 22.6. The number of H-pyrrole nitrogens is 1. The number of thiophene rings is 1. The van der Waals surface area contributed by atoms with Crippen molar-refractivity contribution in [2.75, 3.05) is 17.6 Å². The van der Waals surface area contributed by atoms with Gasteiger partial charge in [-0.25, -0.2) is 9.97 Å². The summed E-state index contributed by atoms with van der Waals surface area (Å²) in [6, 6.07) is 16.2. The van der Waals surface area contributed by atoms with Crippen LogP contribution in [0.4, 0.5) is 11.6 Å². The number of fused-ring (bicyclic) bond motifs is 1. The van der Waals surface area contributed by atoms with Crippen molar-refractivity contribution in [2.24, 2.45) is 0 Å². The first-order valence-electron chi connectivity index (χ1n) is 10.5. The van der Waals surface area contributed by atoms with E-state index in [4.69, 9.17) is 15.7 Å². The summed E-state index contributed by atoms with van der Waals surface area (Å²) in [5, 5.41) is 22.7. The Labute approximate surface area is 194 Å². The molecule has 1 aromatic carbocycles. The highest BCUT2D eigenvalue weighted by Gasteiger charge is 2.16. The average molecular weight is 453 g/mol. The number of nitrogens with one attached hydrogen (secondary N) is 2. The second-order valence-electron chi connectivity index (χ2n) is 7.44. The van der Waals surface area contributed by atoms with Crippen LogP contribution in [-0.2, 0) is 6.42 Å². The maximum atomic E-state index is 9.27. The van der Waals surface area contributed by atoms with E-state index in [-0.39, 0.29) is 5.82 Å². The number of hydrogen-bond acceptors (Lipinski definition) is 8. The summed E-state index contributed by atoms with van der Waals surface area (Å²) in [5.41, 5.74) is 10.00. The molecule has 8 nitrogen and oxygen atoms in total. The molecule has 9 heteroatoms. The molecular weight excluding hydrogens is 432 g/mol. The van der Waals surface area contributed by atoms with Crippen LogP contribution in [0.25, 0.3) is 32.7 Å². The summed E-state index contributed by atoms with van der Waals surface area (Å²) in [7, 11) is 0. The van der Waals surface area contributed by atoms with Crippen molar-refractivity contribution in [1.82, 2.24) is 25.1 Å². The number of nitriles is 1. The normalized spacial score (nSPS) is 10.9. The number of aryl methyl sites for hydroxylation is 1. The van der Waals surface area contributed by atoms with E-state index in [0.717, 1.165) is 44.8 Å².